The van der Waals surface area contributed by atoms with Crippen LogP contribution in [0.25, 0.3) is 22.4 Å². The number of nitrogens with one attached hydrogen (secondary N) is 1. The van der Waals surface area contributed by atoms with E-state index in [1.54, 1.807) is 31.4 Å². The molecule has 0 amide bonds. The van der Waals surface area contributed by atoms with Crippen LogP contribution in [0, 0.1) is 5.82 Å². The summed E-state index contributed by atoms with van der Waals surface area (Å²) in [5.41, 5.74) is 0.689. The number of benzene rings is 1. The average molecular weight is 453 g/mol. The lowest BCUT2D eigenvalue weighted by molar-refractivity contribution is 0.176. The maximum Gasteiger partial charge on any atom is 0.250 e. The molecule has 2 fully saturated rings. The standard InChI is InChI=1S/C24H25F2N5O2/c1-30-8-7-13(9-23(30)33)15-12-21(32)16(11-17(15)25)18-5-6-22(29-28-18)31(2)20-10-14-3-4-19(27-14)24(20)26/h5-9,11-12,14,19-20,24,27,32H,3-4,10H2,1-2H3/t14?,19?,20-,24+/m1/s1. The first-order valence-electron chi connectivity index (χ1n) is 11.0. The molecule has 1 aromatic carbocycles. The van der Waals surface area contributed by atoms with Crippen molar-refractivity contribution in [3.8, 4) is 28.1 Å². The van der Waals surface area contributed by atoms with Crippen LogP contribution in [0.3, 0.4) is 0 Å². The number of phenolic OH excluding ortho intramolecular Hbond substituents is 1. The highest BCUT2D eigenvalue weighted by Gasteiger charge is 2.43. The minimum Gasteiger partial charge on any atom is -0.507 e. The van der Waals surface area contributed by atoms with E-state index in [4.69, 9.17) is 0 Å². The molecule has 172 valence electrons. The SMILES string of the molecule is CN(c1ccc(-c2cc(F)c(-c3ccn(C)c(=O)c3)cc2O)nn1)[C@@H]1CC2CCC(N2)[C@@H]1F. The van der Waals surface area contributed by atoms with Crippen LogP contribution < -0.4 is 15.8 Å². The number of aryl methyl sites for hydroxylation is 1. The van der Waals surface area contributed by atoms with Crippen molar-refractivity contribution in [1.29, 1.82) is 0 Å². The van der Waals surface area contributed by atoms with Crippen molar-refractivity contribution in [2.45, 2.75) is 43.6 Å². The number of aromatic hydroxyl groups is 1. The molecule has 3 aromatic rings. The van der Waals surface area contributed by atoms with Gasteiger partial charge in [-0.25, -0.2) is 8.78 Å². The van der Waals surface area contributed by atoms with Crippen molar-refractivity contribution in [2.24, 2.45) is 7.05 Å². The molecule has 9 heteroatoms. The first kappa shape index (κ1) is 21.5. The maximum atomic E-state index is 14.9. The maximum absolute atomic E-state index is 14.9. The molecule has 2 bridgehead atoms. The van der Waals surface area contributed by atoms with Crippen LogP contribution in [0.2, 0.25) is 0 Å². The van der Waals surface area contributed by atoms with Crippen LogP contribution >= 0.6 is 0 Å². The summed E-state index contributed by atoms with van der Waals surface area (Å²) in [4.78, 5) is 13.7. The summed E-state index contributed by atoms with van der Waals surface area (Å²) in [5.74, 6) is -0.254. The number of alkyl halides is 1. The number of fused-ring (bicyclic) bond motifs is 2. The summed E-state index contributed by atoms with van der Waals surface area (Å²) in [6.07, 6.45) is 3.08. The highest BCUT2D eigenvalue weighted by atomic mass is 19.1. The van der Waals surface area contributed by atoms with Gasteiger partial charge >= 0.3 is 0 Å². The number of phenols is 1. The zero-order valence-corrected chi connectivity index (χ0v) is 18.4. The molecule has 0 spiro atoms. The topological polar surface area (TPSA) is 83.3 Å². The first-order valence-corrected chi connectivity index (χ1v) is 11.0. The Bertz CT molecular complexity index is 1250. The molecule has 2 unspecified atom stereocenters. The van der Waals surface area contributed by atoms with E-state index < -0.39 is 12.0 Å². The number of anilines is 1. The van der Waals surface area contributed by atoms with Crippen LogP contribution in [0.1, 0.15) is 19.3 Å². The van der Waals surface area contributed by atoms with Gasteiger partial charge in [-0.1, -0.05) is 0 Å². The van der Waals surface area contributed by atoms with E-state index in [1.165, 1.54) is 22.8 Å². The fourth-order valence-corrected chi connectivity index (χ4v) is 4.88. The lowest BCUT2D eigenvalue weighted by atomic mass is 9.96. The fraction of sp³-hybridized carbons (Fsp3) is 0.375. The third-order valence-corrected chi connectivity index (χ3v) is 6.84. The second-order valence-corrected chi connectivity index (χ2v) is 8.90. The number of piperidine rings is 1. The molecular weight excluding hydrogens is 428 g/mol. The largest absolute Gasteiger partial charge is 0.507 e. The number of pyridine rings is 1. The van der Waals surface area contributed by atoms with Crippen molar-refractivity contribution in [3.05, 3.63) is 58.8 Å². The molecule has 0 radical (unpaired) electrons. The summed E-state index contributed by atoms with van der Waals surface area (Å²) in [5, 5.41) is 22.3. The fourth-order valence-electron chi connectivity index (χ4n) is 4.88. The van der Waals surface area contributed by atoms with E-state index in [1.807, 2.05) is 11.9 Å². The number of aromatic nitrogens is 3. The number of hydrogen-bond donors (Lipinski definition) is 2. The van der Waals surface area contributed by atoms with Gasteiger partial charge in [0.1, 0.15) is 17.7 Å². The highest BCUT2D eigenvalue weighted by Crippen LogP contribution is 2.36. The van der Waals surface area contributed by atoms with Gasteiger partial charge < -0.3 is 19.9 Å². The second kappa shape index (κ2) is 8.22. The molecule has 7 nitrogen and oxygen atoms in total. The normalized spacial score (nSPS) is 24.1. The molecule has 2 aliphatic heterocycles. The Kier molecular flexibility index (Phi) is 5.36. The molecule has 2 aromatic heterocycles. The van der Waals surface area contributed by atoms with Gasteiger partial charge in [0.05, 0.1) is 11.7 Å². The van der Waals surface area contributed by atoms with E-state index in [9.17, 15) is 18.7 Å². The van der Waals surface area contributed by atoms with Gasteiger partial charge in [0.15, 0.2) is 5.82 Å². The van der Waals surface area contributed by atoms with Crippen molar-refractivity contribution in [1.82, 2.24) is 20.1 Å². The second-order valence-electron chi connectivity index (χ2n) is 8.90. The van der Waals surface area contributed by atoms with Gasteiger partial charge in [0.25, 0.3) is 5.56 Å². The van der Waals surface area contributed by atoms with Crippen LogP contribution in [0.15, 0.2) is 47.4 Å². The Morgan fingerprint density at radius 3 is 2.70 bits per heavy atom. The molecule has 4 heterocycles. The summed E-state index contributed by atoms with van der Waals surface area (Å²) in [6.45, 7) is 0. The summed E-state index contributed by atoms with van der Waals surface area (Å²) < 4.78 is 31.2. The third kappa shape index (κ3) is 3.86. The van der Waals surface area contributed by atoms with E-state index in [-0.39, 0.29) is 34.5 Å². The van der Waals surface area contributed by atoms with Gasteiger partial charge in [0.2, 0.25) is 0 Å². The zero-order chi connectivity index (χ0) is 23.3. The van der Waals surface area contributed by atoms with Gasteiger partial charge in [0, 0.05) is 49.6 Å². The zero-order valence-electron chi connectivity index (χ0n) is 18.4. The molecule has 2 saturated heterocycles. The molecular formula is C24H25F2N5O2. The number of nitrogens with zero attached hydrogens (tertiary/aromatic N) is 4. The highest BCUT2D eigenvalue weighted by molar-refractivity contribution is 5.74. The Balaban J connectivity index is 1.40. The third-order valence-electron chi connectivity index (χ3n) is 6.84. The Morgan fingerprint density at radius 1 is 1.15 bits per heavy atom. The molecule has 0 aliphatic carbocycles. The van der Waals surface area contributed by atoms with Crippen molar-refractivity contribution in [3.63, 3.8) is 0 Å². The van der Waals surface area contributed by atoms with Crippen LogP contribution in [0.5, 0.6) is 5.75 Å². The average Bonchev–Trinajstić information content (AvgIpc) is 3.22. The van der Waals surface area contributed by atoms with Crippen molar-refractivity contribution < 1.29 is 13.9 Å². The van der Waals surface area contributed by atoms with E-state index in [2.05, 4.69) is 15.5 Å². The lowest BCUT2D eigenvalue weighted by Crippen LogP contribution is -2.55. The van der Waals surface area contributed by atoms with Crippen molar-refractivity contribution >= 4 is 5.82 Å². The lowest BCUT2D eigenvalue weighted by Gasteiger charge is -2.38. The van der Waals surface area contributed by atoms with E-state index in [0.717, 1.165) is 12.8 Å². The molecule has 0 saturated carbocycles. The van der Waals surface area contributed by atoms with Crippen LogP contribution in [0.4, 0.5) is 14.6 Å². The number of halogens is 2. The summed E-state index contributed by atoms with van der Waals surface area (Å²) in [6, 6.07) is 8.63. The summed E-state index contributed by atoms with van der Waals surface area (Å²) in [7, 11) is 3.41. The van der Waals surface area contributed by atoms with Crippen LogP contribution in [-0.2, 0) is 7.05 Å². The minimum atomic E-state index is -0.990. The first-order chi connectivity index (χ1) is 15.8. The Morgan fingerprint density at radius 2 is 1.97 bits per heavy atom. The summed E-state index contributed by atoms with van der Waals surface area (Å²) >= 11 is 0. The van der Waals surface area contributed by atoms with Gasteiger partial charge in [-0.05, 0) is 55.2 Å². The Hall–Kier alpha value is -3.33. The smallest absolute Gasteiger partial charge is 0.250 e. The molecule has 5 rings (SSSR count). The molecule has 4 atom stereocenters. The predicted molar refractivity (Wildman–Crippen MR) is 121 cm³/mol. The predicted octanol–water partition coefficient (Wildman–Crippen LogP) is 3.02. The van der Waals surface area contributed by atoms with Gasteiger partial charge in [-0.3, -0.25) is 4.79 Å². The minimum absolute atomic E-state index is 0.118. The van der Waals surface area contributed by atoms with Crippen molar-refractivity contribution in [2.75, 3.05) is 11.9 Å². The Labute approximate surface area is 189 Å². The van der Waals surface area contributed by atoms with E-state index >= 15 is 0 Å². The van der Waals surface area contributed by atoms with Gasteiger partial charge in [-0.2, -0.15) is 0 Å². The number of hydrogen-bond acceptors (Lipinski definition) is 6. The van der Waals surface area contributed by atoms with E-state index in [0.29, 0.717) is 29.5 Å². The number of rotatable bonds is 4. The molecule has 2 N–H and O–H groups in total. The van der Waals surface area contributed by atoms with Gasteiger partial charge in [-0.15, -0.1) is 10.2 Å². The monoisotopic (exact) mass is 453 g/mol. The quantitative estimate of drug-likeness (QED) is 0.632. The van der Waals surface area contributed by atoms with Crippen LogP contribution in [-0.4, -0.2) is 51.2 Å². The molecule has 2 aliphatic rings. The molecule has 33 heavy (non-hydrogen) atoms.